The Bertz CT molecular complexity index is 1040. The van der Waals surface area contributed by atoms with Crippen LogP contribution in [-0.2, 0) is 11.3 Å². The van der Waals surface area contributed by atoms with Crippen molar-refractivity contribution >= 4 is 17.3 Å². The molecule has 1 amide bonds. The summed E-state index contributed by atoms with van der Waals surface area (Å²) in [6.45, 7) is -1.03. The van der Waals surface area contributed by atoms with Crippen molar-refractivity contribution in [1.29, 1.82) is 0 Å². The first-order valence-electron chi connectivity index (χ1n) is 10.9. The SMILES string of the molecule is O=C(c1ccccc1Nc1ccc(OC(F)F)cc1)N1CCC(OCc2ccccc2)CC1. The van der Waals surface area contributed by atoms with Gasteiger partial charge in [0, 0.05) is 18.8 Å². The van der Waals surface area contributed by atoms with E-state index in [0.29, 0.717) is 36.6 Å². The molecule has 0 radical (unpaired) electrons. The van der Waals surface area contributed by atoms with Gasteiger partial charge in [0.1, 0.15) is 5.75 Å². The molecule has 1 heterocycles. The van der Waals surface area contributed by atoms with Crippen LogP contribution in [0, 0.1) is 0 Å². The van der Waals surface area contributed by atoms with E-state index < -0.39 is 6.61 Å². The van der Waals surface area contributed by atoms with Crippen LogP contribution in [0.25, 0.3) is 0 Å². The van der Waals surface area contributed by atoms with Gasteiger partial charge in [-0.2, -0.15) is 8.78 Å². The standard InChI is InChI=1S/C26H26F2N2O3/c27-26(28)33-22-12-10-20(11-13-22)29-24-9-5-4-8-23(24)25(31)30-16-14-21(15-17-30)32-18-19-6-2-1-3-7-19/h1-13,21,26,29H,14-18H2. The Balaban J connectivity index is 1.34. The summed E-state index contributed by atoms with van der Waals surface area (Å²) in [5, 5.41) is 3.21. The van der Waals surface area contributed by atoms with Crippen molar-refractivity contribution in [3.05, 3.63) is 90.0 Å². The summed E-state index contributed by atoms with van der Waals surface area (Å²) in [5.74, 6) is 0.0366. The van der Waals surface area contributed by atoms with E-state index in [1.807, 2.05) is 53.4 Å². The van der Waals surface area contributed by atoms with Crippen LogP contribution in [0.15, 0.2) is 78.9 Å². The van der Waals surface area contributed by atoms with E-state index in [0.717, 1.165) is 18.4 Å². The van der Waals surface area contributed by atoms with Gasteiger partial charge in [0.05, 0.1) is 24.0 Å². The van der Waals surface area contributed by atoms with Crippen molar-refractivity contribution in [3.8, 4) is 5.75 Å². The Kier molecular flexibility index (Phi) is 7.52. The average Bonchev–Trinajstić information content (AvgIpc) is 2.84. The van der Waals surface area contributed by atoms with E-state index in [9.17, 15) is 13.6 Å². The molecule has 0 bridgehead atoms. The van der Waals surface area contributed by atoms with Crippen molar-refractivity contribution in [2.24, 2.45) is 0 Å². The van der Waals surface area contributed by atoms with Crippen LogP contribution in [0.5, 0.6) is 5.75 Å². The van der Waals surface area contributed by atoms with Crippen LogP contribution in [-0.4, -0.2) is 36.6 Å². The van der Waals surface area contributed by atoms with Gasteiger partial charge in [0.25, 0.3) is 5.91 Å². The molecule has 0 aromatic heterocycles. The van der Waals surface area contributed by atoms with Crippen molar-refractivity contribution in [1.82, 2.24) is 4.90 Å². The third kappa shape index (κ3) is 6.29. The summed E-state index contributed by atoms with van der Waals surface area (Å²) < 4.78 is 35.1. The quantitative estimate of drug-likeness (QED) is 0.466. The number of rotatable bonds is 8. The zero-order valence-corrected chi connectivity index (χ0v) is 18.1. The van der Waals surface area contributed by atoms with E-state index in [1.54, 1.807) is 18.2 Å². The molecule has 1 aliphatic heterocycles. The second-order valence-electron chi connectivity index (χ2n) is 7.86. The van der Waals surface area contributed by atoms with Crippen molar-refractivity contribution in [2.45, 2.75) is 32.2 Å². The van der Waals surface area contributed by atoms with Gasteiger partial charge in [-0.25, -0.2) is 0 Å². The third-order valence-electron chi connectivity index (χ3n) is 5.57. The minimum atomic E-state index is -2.87. The maximum Gasteiger partial charge on any atom is 0.387 e. The van der Waals surface area contributed by atoms with Gasteiger partial charge in [0.2, 0.25) is 0 Å². The van der Waals surface area contributed by atoms with Gasteiger partial charge in [-0.1, -0.05) is 42.5 Å². The molecule has 0 atom stereocenters. The number of anilines is 2. The van der Waals surface area contributed by atoms with Crippen molar-refractivity contribution < 1.29 is 23.0 Å². The fourth-order valence-electron chi connectivity index (χ4n) is 3.84. The van der Waals surface area contributed by atoms with Crippen molar-refractivity contribution in [3.63, 3.8) is 0 Å². The average molecular weight is 453 g/mol. The highest BCUT2D eigenvalue weighted by Crippen LogP contribution is 2.26. The highest BCUT2D eigenvalue weighted by Gasteiger charge is 2.25. The largest absolute Gasteiger partial charge is 0.435 e. The van der Waals surface area contributed by atoms with E-state index >= 15 is 0 Å². The summed E-state index contributed by atoms with van der Waals surface area (Å²) in [5.41, 5.74) is 3.04. The highest BCUT2D eigenvalue weighted by atomic mass is 19.3. The lowest BCUT2D eigenvalue weighted by atomic mass is 10.0. The Morgan fingerprint density at radius 2 is 1.61 bits per heavy atom. The number of alkyl halides is 2. The van der Waals surface area contributed by atoms with E-state index in [-0.39, 0.29) is 17.8 Å². The molecule has 4 rings (SSSR count). The first-order chi connectivity index (χ1) is 16.1. The molecular weight excluding hydrogens is 426 g/mol. The molecule has 0 unspecified atom stereocenters. The number of hydrogen-bond donors (Lipinski definition) is 1. The number of para-hydroxylation sites is 1. The minimum Gasteiger partial charge on any atom is -0.435 e. The highest BCUT2D eigenvalue weighted by molar-refractivity contribution is 6.00. The molecule has 3 aromatic carbocycles. The molecule has 1 fully saturated rings. The Morgan fingerprint density at radius 1 is 0.939 bits per heavy atom. The van der Waals surface area contributed by atoms with Crippen LogP contribution >= 0.6 is 0 Å². The minimum absolute atomic E-state index is 0.0442. The summed E-state index contributed by atoms with van der Waals surface area (Å²) in [4.78, 5) is 15.1. The van der Waals surface area contributed by atoms with Crippen LogP contribution in [0.2, 0.25) is 0 Å². The maximum absolute atomic E-state index is 13.2. The molecule has 3 aromatic rings. The number of likely N-dealkylation sites (tertiary alicyclic amines) is 1. The summed E-state index contributed by atoms with van der Waals surface area (Å²) in [6.07, 6.45) is 1.72. The molecule has 33 heavy (non-hydrogen) atoms. The lowest BCUT2D eigenvalue weighted by Crippen LogP contribution is -2.41. The molecule has 0 saturated carbocycles. The zero-order chi connectivity index (χ0) is 23.0. The van der Waals surface area contributed by atoms with Crippen LogP contribution in [0.1, 0.15) is 28.8 Å². The van der Waals surface area contributed by atoms with Gasteiger partial charge in [0.15, 0.2) is 0 Å². The van der Waals surface area contributed by atoms with Gasteiger partial charge in [-0.15, -0.1) is 0 Å². The number of benzene rings is 3. The summed E-state index contributed by atoms with van der Waals surface area (Å²) in [6, 6.07) is 23.5. The summed E-state index contributed by atoms with van der Waals surface area (Å²) in [7, 11) is 0. The fraction of sp³-hybridized carbons (Fsp3) is 0.269. The lowest BCUT2D eigenvalue weighted by Gasteiger charge is -2.32. The number of hydrogen-bond acceptors (Lipinski definition) is 4. The fourth-order valence-corrected chi connectivity index (χ4v) is 3.84. The van der Waals surface area contributed by atoms with E-state index in [4.69, 9.17) is 4.74 Å². The summed E-state index contributed by atoms with van der Waals surface area (Å²) >= 11 is 0. The zero-order valence-electron chi connectivity index (χ0n) is 18.1. The topological polar surface area (TPSA) is 50.8 Å². The second kappa shape index (κ2) is 10.9. The monoisotopic (exact) mass is 452 g/mol. The molecule has 1 saturated heterocycles. The molecule has 0 spiro atoms. The Labute approximate surface area is 191 Å². The Morgan fingerprint density at radius 3 is 2.30 bits per heavy atom. The smallest absolute Gasteiger partial charge is 0.387 e. The van der Waals surface area contributed by atoms with Gasteiger partial charge in [-0.3, -0.25) is 4.79 Å². The molecule has 0 aliphatic carbocycles. The van der Waals surface area contributed by atoms with E-state index in [2.05, 4.69) is 10.1 Å². The molecule has 172 valence electrons. The van der Waals surface area contributed by atoms with Crippen LogP contribution in [0.4, 0.5) is 20.2 Å². The Hall–Kier alpha value is -3.45. The number of amides is 1. The lowest BCUT2D eigenvalue weighted by molar-refractivity contribution is -0.0498. The predicted molar refractivity (Wildman–Crippen MR) is 123 cm³/mol. The molecule has 5 nitrogen and oxygen atoms in total. The van der Waals surface area contributed by atoms with Crippen molar-refractivity contribution in [2.75, 3.05) is 18.4 Å². The van der Waals surface area contributed by atoms with Gasteiger partial charge < -0.3 is 19.7 Å². The number of piperidine rings is 1. The number of nitrogens with one attached hydrogen (secondary N) is 1. The van der Waals surface area contributed by atoms with Gasteiger partial charge in [-0.05, 0) is 54.8 Å². The first kappa shape index (κ1) is 22.7. The van der Waals surface area contributed by atoms with Crippen LogP contribution in [0.3, 0.4) is 0 Å². The second-order valence-corrected chi connectivity index (χ2v) is 7.86. The number of ether oxygens (including phenoxy) is 2. The number of halogens is 2. The molecule has 7 heteroatoms. The number of nitrogens with zero attached hydrogens (tertiary/aromatic N) is 1. The number of carbonyl (C=O) groups is 1. The third-order valence-corrected chi connectivity index (χ3v) is 5.57. The van der Waals surface area contributed by atoms with Crippen LogP contribution < -0.4 is 10.1 Å². The molecule has 1 N–H and O–H groups in total. The van der Waals surface area contributed by atoms with E-state index in [1.165, 1.54) is 12.1 Å². The maximum atomic E-state index is 13.2. The predicted octanol–water partition coefficient (Wildman–Crippen LogP) is 5.85. The molecular formula is C26H26F2N2O3. The first-order valence-corrected chi connectivity index (χ1v) is 10.9. The van der Waals surface area contributed by atoms with Gasteiger partial charge >= 0.3 is 6.61 Å². The normalized spacial score (nSPS) is 14.3. The number of carbonyl (C=O) groups excluding carboxylic acids is 1. The molecule has 1 aliphatic rings.